The Morgan fingerprint density at radius 2 is 1.29 bits per heavy atom. The molecule has 2 aliphatic heterocycles. The van der Waals surface area contributed by atoms with Crippen molar-refractivity contribution in [2.24, 2.45) is 5.92 Å². The second-order valence-electron chi connectivity index (χ2n) is 8.59. The number of morpholine rings is 1. The molecule has 2 heterocycles. The smallest absolute Gasteiger partial charge is 0.0725 e. The van der Waals surface area contributed by atoms with E-state index in [-0.39, 0.29) is 0 Å². The molecule has 2 saturated heterocycles. The first-order valence-corrected chi connectivity index (χ1v) is 10.2. The normalized spacial score (nSPS) is 27.8. The van der Waals surface area contributed by atoms with Gasteiger partial charge in [-0.3, -0.25) is 14.7 Å². The molecule has 3 atom stereocenters. The summed E-state index contributed by atoms with van der Waals surface area (Å²) in [6, 6.07) is 2.08. The van der Waals surface area contributed by atoms with Crippen molar-refractivity contribution in [3.63, 3.8) is 0 Å². The monoisotopic (exact) mass is 339 g/mol. The van der Waals surface area contributed by atoms with E-state index < -0.39 is 0 Å². The Labute approximate surface area is 150 Å². The molecule has 3 unspecified atom stereocenters. The third-order valence-electron chi connectivity index (χ3n) is 6.20. The highest BCUT2D eigenvalue weighted by molar-refractivity contribution is 4.81. The molecule has 2 rings (SSSR count). The van der Waals surface area contributed by atoms with Crippen LogP contribution in [-0.2, 0) is 4.74 Å². The quantitative estimate of drug-likeness (QED) is 0.710. The van der Waals surface area contributed by atoms with Crippen LogP contribution in [0.1, 0.15) is 54.4 Å². The lowest BCUT2D eigenvalue weighted by molar-refractivity contribution is -0.0628. The third-order valence-corrected chi connectivity index (χ3v) is 6.20. The summed E-state index contributed by atoms with van der Waals surface area (Å²) in [4.78, 5) is 7.95. The molecule has 24 heavy (non-hydrogen) atoms. The molecule has 0 aromatic heterocycles. The molecule has 0 spiro atoms. The highest BCUT2D eigenvalue weighted by Gasteiger charge is 2.27. The predicted molar refractivity (Wildman–Crippen MR) is 103 cm³/mol. The van der Waals surface area contributed by atoms with Gasteiger partial charge in [-0.1, -0.05) is 13.8 Å². The minimum Gasteiger partial charge on any atom is -0.375 e. The van der Waals surface area contributed by atoms with E-state index in [0.29, 0.717) is 30.1 Å². The second kappa shape index (κ2) is 9.51. The molecule has 2 fully saturated rings. The van der Waals surface area contributed by atoms with E-state index in [1.165, 1.54) is 39.0 Å². The summed E-state index contributed by atoms with van der Waals surface area (Å²) in [6.45, 7) is 22.1. The minimum atomic E-state index is 0.419. The highest BCUT2D eigenvalue weighted by atomic mass is 16.5. The van der Waals surface area contributed by atoms with Crippen LogP contribution in [0.4, 0.5) is 0 Å². The van der Waals surface area contributed by atoms with E-state index >= 15 is 0 Å². The van der Waals surface area contributed by atoms with Crippen LogP contribution in [0.5, 0.6) is 0 Å². The molecule has 142 valence electrons. The average molecular weight is 340 g/mol. The van der Waals surface area contributed by atoms with Gasteiger partial charge in [-0.25, -0.2) is 0 Å². The summed E-state index contributed by atoms with van der Waals surface area (Å²) < 4.78 is 5.92. The van der Waals surface area contributed by atoms with Gasteiger partial charge in [0.25, 0.3) is 0 Å². The lowest BCUT2D eigenvalue weighted by atomic mass is 10.0. The van der Waals surface area contributed by atoms with Crippen LogP contribution in [0.25, 0.3) is 0 Å². The first-order valence-electron chi connectivity index (χ1n) is 10.2. The van der Waals surface area contributed by atoms with E-state index in [1.807, 2.05) is 0 Å². The van der Waals surface area contributed by atoms with E-state index in [1.54, 1.807) is 0 Å². The van der Waals surface area contributed by atoms with E-state index in [2.05, 4.69) is 56.2 Å². The lowest BCUT2D eigenvalue weighted by Gasteiger charge is -2.41. The molecular formula is C20H41N3O. The molecule has 0 bridgehead atoms. The molecule has 0 saturated carbocycles. The highest BCUT2D eigenvalue weighted by Crippen LogP contribution is 2.19. The maximum absolute atomic E-state index is 5.92. The lowest BCUT2D eigenvalue weighted by Crippen LogP contribution is -2.52. The van der Waals surface area contributed by atoms with Crippen molar-refractivity contribution in [1.29, 1.82) is 0 Å². The zero-order valence-electron chi connectivity index (χ0n) is 17.0. The topological polar surface area (TPSA) is 19.0 Å². The van der Waals surface area contributed by atoms with Gasteiger partial charge < -0.3 is 4.74 Å². The van der Waals surface area contributed by atoms with Crippen LogP contribution in [0.3, 0.4) is 0 Å². The van der Waals surface area contributed by atoms with Crippen LogP contribution in [0, 0.1) is 5.92 Å². The van der Waals surface area contributed by atoms with Gasteiger partial charge in [0, 0.05) is 57.4 Å². The second-order valence-corrected chi connectivity index (χ2v) is 8.59. The van der Waals surface area contributed by atoms with Crippen LogP contribution >= 0.6 is 0 Å². The number of ether oxygens (including phenoxy) is 1. The van der Waals surface area contributed by atoms with Crippen molar-refractivity contribution in [2.45, 2.75) is 78.6 Å². The summed E-state index contributed by atoms with van der Waals surface area (Å²) in [5.41, 5.74) is 0. The van der Waals surface area contributed by atoms with Gasteiger partial charge in [0.15, 0.2) is 0 Å². The molecule has 0 aliphatic carbocycles. The Hall–Kier alpha value is -0.160. The Kier molecular flexibility index (Phi) is 7.99. The summed E-state index contributed by atoms with van der Waals surface area (Å²) in [6.07, 6.45) is 3.03. The first-order chi connectivity index (χ1) is 11.4. The largest absolute Gasteiger partial charge is 0.375 e. The van der Waals surface area contributed by atoms with Crippen molar-refractivity contribution in [3.05, 3.63) is 0 Å². The fourth-order valence-corrected chi connectivity index (χ4v) is 4.04. The van der Waals surface area contributed by atoms with Crippen LogP contribution in [0.2, 0.25) is 0 Å². The van der Waals surface area contributed by atoms with Crippen molar-refractivity contribution in [2.75, 3.05) is 45.9 Å². The number of hydrogen-bond acceptors (Lipinski definition) is 4. The van der Waals surface area contributed by atoms with Crippen molar-refractivity contribution < 1.29 is 4.74 Å². The maximum Gasteiger partial charge on any atom is 0.0725 e. The Morgan fingerprint density at radius 3 is 1.83 bits per heavy atom. The van der Waals surface area contributed by atoms with Gasteiger partial charge in [0.05, 0.1) is 12.7 Å². The van der Waals surface area contributed by atoms with Gasteiger partial charge in [0.2, 0.25) is 0 Å². The van der Waals surface area contributed by atoms with Gasteiger partial charge >= 0.3 is 0 Å². The first kappa shape index (κ1) is 20.2. The van der Waals surface area contributed by atoms with Crippen LogP contribution < -0.4 is 0 Å². The van der Waals surface area contributed by atoms with E-state index in [9.17, 15) is 0 Å². The standard InChI is InChI=1S/C20H41N3O/c1-16(2)20-15-23(13-14-24-20)19(6)8-7-18(5)22-11-9-21(10-12-22)17(3)4/h16-20H,7-15H2,1-6H3. The molecule has 0 radical (unpaired) electrons. The molecule has 0 amide bonds. The third kappa shape index (κ3) is 5.69. The van der Waals surface area contributed by atoms with Crippen molar-refractivity contribution in [3.8, 4) is 0 Å². The predicted octanol–water partition coefficient (Wildman–Crippen LogP) is 2.93. The molecule has 4 heteroatoms. The number of nitrogens with zero attached hydrogens (tertiary/aromatic N) is 3. The van der Waals surface area contributed by atoms with Gasteiger partial charge in [-0.2, -0.15) is 0 Å². The molecule has 2 aliphatic rings. The minimum absolute atomic E-state index is 0.419. The molecule has 0 aromatic carbocycles. The van der Waals surface area contributed by atoms with Crippen molar-refractivity contribution >= 4 is 0 Å². The Morgan fingerprint density at radius 1 is 0.750 bits per heavy atom. The molecule has 4 nitrogen and oxygen atoms in total. The zero-order chi connectivity index (χ0) is 17.7. The summed E-state index contributed by atoms with van der Waals surface area (Å²) in [7, 11) is 0. The number of rotatable bonds is 7. The zero-order valence-corrected chi connectivity index (χ0v) is 17.0. The fraction of sp³-hybridized carbons (Fsp3) is 1.00. The van der Waals surface area contributed by atoms with E-state index in [4.69, 9.17) is 4.74 Å². The van der Waals surface area contributed by atoms with Crippen molar-refractivity contribution in [1.82, 2.24) is 14.7 Å². The SMILES string of the molecule is CC(C)C1CN(C(C)CCC(C)N2CCN(C(C)C)CC2)CCO1. The molecule has 0 N–H and O–H groups in total. The van der Waals surface area contributed by atoms with Crippen LogP contribution in [0.15, 0.2) is 0 Å². The number of hydrogen-bond donors (Lipinski definition) is 0. The number of piperazine rings is 1. The summed E-state index contributed by atoms with van der Waals surface area (Å²) in [5.74, 6) is 0.621. The van der Waals surface area contributed by atoms with E-state index in [0.717, 1.165) is 19.7 Å². The summed E-state index contributed by atoms with van der Waals surface area (Å²) >= 11 is 0. The Bertz CT molecular complexity index is 353. The van der Waals surface area contributed by atoms with Gasteiger partial charge in [-0.05, 0) is 46.5 Å². The van der Waals surface area contributed by atoms with Crippen LogP contribution in [-0.4, -0.2) is 84.8 Å². The maximum atomic E-state index is 5.92. The summed E-state index contributed by atoms with van der Waals surface area (Å²) in [5, 5.41) is 0. The van der Waals surface area contributed by atoms with Gasteiger partial charge in [-0.15, -0.1) is 0 Å². The molecular weight excluding hydrogens is 298 g/mol. The Balaban J connectivity index is 1.70. The fourth-order valence-electron chi connectivity index (χ4n) is 4.04. The molecule has 0 aromatic rings. The van der Waals surface area contributed by atoms with Gasteiger partial charge in [0.1, 0.15) is 0 Å². The average Bonchev–Trinajstić information content (AvgIpc) is 2.59.